The molecular formula is C16H19N. The Labute approximate surface area is 103 Å². The standard InChI is InChI=1S/C16H19N/c1-16(13-17,15-10-6-3-7-11-15)12-14-8-4-2-5-9-14/h2-11H,12-13,17H2,1H3. The fraction of sp³-hybridized carbons (Fsp3) is 0.250. The second-order valence-electron chi connectivity index (χ2n) is 4.79. The zero-order valence-electron chi connectivity index (χ0n) is 10.3. The summed E-state index contributed by atoms with van der Waals surface area (Å²) in [5.74, 6) is 0. The van der Waals surface area contributed by atoms with Crippen LogP contribution in [0.4, 0.5) is 0 Å². The van der Waals surface area contributed by atoms with E-state index >= 15 is 0 Å². The molecule has 0 saturated heterocycles. The zero-order valence-corrected chi connectivity index (χ0v) is 10.3. The molecule has 0 fully saturated rings. The Bertz CT molecular complexity index is 449. The summed E-state index contributed by atoms with van der Waals surface area (Å²) in [5, 5.41) is 0. The topological polar surface area (TPSA) is 26.0 Å². The van der Waals surface area contributed by atoms with Gasteiger partial charge in [0.05, 0.1) is 0 Å². The van der Waals surface area contributed by atoms with Gasteiger partial charge in [0.1, 0.15) is 0 Å². The van der Waals surface area contributed by atoms with Crippen molar-refractivity contribution >= 4 is 0 Å². The van der Waals surface area contributed by atoms with E-state index in [0.29, 0.717) is 6.54 Å². The minimum atomic E-state index is 0.0165. The van der Waals surface area contributed by atoms with Crippen molar-refractivity contribution in [3.63, 3.8) is 0 Å². The highest BCUT2D eigenvalue weighted by molar-refractivity contribution is 5.29. The summed E-state index contributed by atoms with van der Waals surface area (Å²) in [6.45, 7) is 2.89. The summed E-state index contributed by atoms with van der Waals surface area (Å²) in [6, 6.07) is 21.1. The number of benzene rings is 2. The maximum atomic E-state index is 5.99. The van der Waals surface area contributed by atoms with E-state index in [9.17, 15) is 0 Å². The lowest BCUT2D eigenvalue weighted by Gasteiger charge is -2.28. The summed E-state index contributed by atoms with van der Waals surface area (Å²) >= 11 is 0. The molecule has 1 heteroatoms. The van der Waals surface area contributed by atoms with Gasteiger partial charge in [0.25, 0.3) is 0 Å². The predicted octanol–water partition coefficient (Wildman–Crippen LogP) is 3.15. The Kier molecular flexibility index (Phi) is 3.60. The van der Waals surface area contributed by atoms with Crippen molar-refractivity contribution < 1.29 is 0 Å². The highest BCUT2D eigenvalue weighted by atomic mass is 14.6. The molecule has 1 nitrogen and oxygen atoms in total. The van der Waals surface area contributed by atoms with Gasteiger partial charge in [-0.15, -0.1) is 0 Å². The fourth-order valence-electron chi connectivity index (χ4n) is 2.18. The Morgan fingerprint density at radius 3 is 1.94 bits per heavy atom. The van der Waals surface area contributed by atoms with E-state index in [1.165, 1.54) is 11.1 Å². The third-order valence-electron chi connectivity index (χ3n) is 3.36. The van der Waals surface area contributed by atoms with Gasteiger partial charge < -0.3 is 5.73 Å². The Morgan fingerprint density at radius 1 is 0.882 bits per heavy atom. The van der Waals surface area contributed by atoms with E-state index in [1.54, 1.807) is 0 Å². The monoisotopic (exact) mass is 225 g/mol. The van der Waals surface area contributed by atoms with E-state index in [1.807, 2.05) is 12.1 Å². The Balaban J connectivity index is 2.27. The summed E-state index contributed by atoms with van der Waals surface area (Å²) in [7, 11) is 0. The number of rotatable bonds is 4. The van der Waals surface area contributed by atoms with Crippen LogP contribution in [0, 0.1) is 0 Å². The molecule has 2 aromatic rings. The van der Waals surface area contributed by atoms with Crippen molar-refractivity contribution in [2.75, 3.05) is 6.54 Å². The molecule has 0 spiro atoms. The van der Waals surface area contributed by atoms with Crippen molar-refractivity contribution in [1.82, 2.24) is 0 Å². The average molecular weight is 225 g/mol. The molecule has 0 radical (unpaired) electrons. The van der Waals surface area contributed by atoms with Crippen molar-refractivity contribution in [3.05, 3.63) is 71.8 Å². The van der Waals surface area contributed by atoms with Crippen molar-refractivity contribution in [3.8, 4) is 0 Å². The van der Waals surface area contributed by atoms with Crippen LogP contribution in [-0.2, 0) is 11.8 Å². The molecule has 2 rings (SSSR count). The van der Waals surface area contributed by atoms with Crippen LogP contribution in [-0.4, -0.2) is 6.54 Å². The first-order chi connectivity index (χ1) is 8.24. The van der Waals surface area contributed by atoms with Crippen LogP contribution in [0.5, 0.6) is 0 Å². The molecule has 0 saturated carbocycles. The van der Waals surface area contributed by atoms with Gasteiger partial charge in [-0.1, -0.05) is 67.6 Å². The number of hydrogen-bond acceptors (Lipinski definition) is 1. The van der Waals surface area contributed by atoms with Crippen LogP contribution in [0.2, 0.25) is 0 Å². The van der Waals surface area contributed by atoms with Crippen LogP contribution in [0.15, 0.2) is 60.7 Å². The van der Waals surface area contributed by atoms with Crippen LogP contribution in [0.1, 0.15) is 18.1 Å². The van der Waals surface area contributed by atoms with E-state index in [-0.39, 0.29) is 5.41 Å². The van der Waals surface area contributed by atoms with Crippen LogP contribution in [0.25, 0.3) is 0 Å². The molecule has 0 bridgehead atoms. The highest BCUT2D eigenvalue weighted by Gasteiger charge is 2.24. The fourth-order valence-corrected chi connectivity index (χ4v) is 2.18. The molecule has 17 heavy (non-hydrogen) atoms. The lowest BCUT2D eigenvalue weighted by molar-refractivity contribution is 0.481. The lowest BCUT2D eigenvalue weighted by atomic mass is 9.77. The summed E-state index contributed by atoms with van der Waals surface area (Å²) in [5.41, 5.74) is 8.65. The van der Waals surface area contributed by atoms with E-state index < -0.39 is 0 Å². The van der Waals surface area contributed by atoms with Gasteiger partial charge in [-0.2, -0.15) is 0 Å². The van der Waals surface area contributed by atoms with Crippen molar-refractivity contribution in [1.29, 1.82) is 0 Å². The van der Waals surface area contributed by atoms with Gasteiger partial charge in [-0.25, -0.2) is 0 Å². The van der Waals surface area contributed by atoms with Crippen LogP contribution < -0.4 is 5.73 Å². The third-order valence-corrected chi connectivity index (χ3v) is 3.36. The number of nitrogens with two attached hydrogens (primary N) is 1. The molecule has 0 aliphatic heterocycles. The van der Waals surface area contributed by atoms with Crippen LogP contribution >= 0.6 is 0 Å². The Hall–Kier alpha value is -1.60. The first kappa shape index (κ1) is 11.9. The maximum absolute atomic E-state index is 5.99. The largest absolute Gasteiger partial charge is 0.330 e. The van der Waals surface area contributed by atoms with Crippen molar-refractivity contribution in [2.24, 2.45) is 5.73 Å². The quantitative estimate of drug-likeness (QED) is 0.850. The second-order valence-corrected chi connectivity index (χ2v) is 4.79. The minimum absolute atomic E-state index is 0.0165. The molecule has 0 heterocycles. The molecule has 1 atom stereocenters. The summed E-state index contributed by atoms with van der Waals surface area (Å²) in [4.78, 5) is 0. The lowest BCUT2D eigenvalue weighted by Crippen LogP contribution is -2.34. The smallest absolute Gasteiger partial charge is 0.00875 e. The third kappa shape index (κ3) is 2.75. The van der Waals surface area contributed by atoms with E-state index in [4.69, 9.17) is 5.73 Å². The van der Waals surface area contributed by atoms with Gasteiger partial charge in [0.2, 0.25) is 0 Å². The Morgan fingerprint density at radius 2 is 1.41 bits per heavy atom. The van der Waals surface area contributed by atoms with Crippen molar-refractivity contribution in [2.45, 2.75) is 18.8 Å². The molecule has 0 aliphatic rings. The summed E-state index contributed by atoms with van der Waals surface area (Å²) < 4.78 is 0. The molecular weight excluding hydrogens is 206 g/mol. The minimum Gasteiger partial charge on any atom is -0.330 e. The first-order valence-corrected chi connectivity index (χ1v) is 6.04. The van der Waals surface area contributed by atoms with E-state index in [2.05, 4.69) is 55.5 Å². The van der Waals surface area contributed by atoms with E-state index in [0.717, 1.165) is 6.42 Å². The van der Waals surface area contributed by atoms with Gasteiger partial charge in [0.15, 0.2) is 0 Å². The summed E-state index contributed by atoms with van der Waals surface area (Å²) in [6.07, 6.45) is 0.981. The SMILES string of the molecule is CC(CN)(Cc1ccccc1)c1ccccc1. The highest BCUT2D eigenvalue weighted by Crippen LogP contribution is 2.26. The number of hydrogen-bond donors (Lipinski definition) is 1. The van der Waals surface area contributed by atoms with Gasteiger partial charge in [-0.3, -0.25) is 0 Å². The maximum Gasteiger partial charge on any atom is 0.00875 e. The zero-order chi connectivity index (χ0) is 12.1. The molecule has 0 aromatic heterocycles. The molecule has 2 N–H and O–H groups in total. The normalized spacial score (nSPS) is 14.2. The molecule has 2 aromatic carbocycles. The molecule has 0 aliphatic carbocycles. The van der Waals surface area contributed by atoms with Gasteiger partial charge in [0, 0.05) is 12.0 Å². The van der Waals surface area contributed by atoms with Gasteiger partial charge in [-0.05, 0) is 17.5 Å². The molecule has 88 valence electrons. The second kappa shape index (κ2) is 5.15. The molecule has 1 unspecified atom stereocenters. The first-order valence-electron chi connectivity index (χ1n) is 6.04. The van der Waals surface area contributed by atoms with Crippen LogP contribution in [0.3, 0.4) is 0 Å². The van der Waals surface area contributed by atoms with Gasteiger partial charge >= 0.3 is 0 Å². The predicted molar refractivity (Wildman–Crippen MR) is 73.0 cm³/mol. The molecule has 0 amide bonds. The average Bonchev–Trinajstić information content (AvgIpc) is 2.41.